The van der Waals surface area contributed by atoms with Crippen molar-refractivity contribution in [3.63, 3.8) is 0 Å². The van der Waals surface area contributed by atoms with Gasteiger partial charge in [0, 0.05) is 11.3 Å². The van der Waals surface area contributed by atoms with Crippen LogP contribution in [0.15, 0.2) is 36.4 Å². The summed E-state index contributed by atoms with van der Waals surface area (Å²) in [6.45, 7) is 8.53. The number of ether oxygens (including phenoxy) is 3. The third-order valence-corrected chi connectivity index (χ3v) is 4.46. The summed E-state index contributed by atoms with van der Waals surface area (Å²) in [5, 5.41) is 0. The zero-order valence-corrected chi connectivity index (χ0v) is 16.9. The normalized spacial score (nSPS) is 13.4. The number of fused-ring (bicyclic) bond motifs is 1. The van der Waals surface area contributed by atoms with E-state index < -0.39 is 5.60 Å². The Bertz CT molecular complexity index is 896. The van der Waals surface area contributed by atoms with Gasteiger partial charge in [0.15, 0.2) is 0 Å². The zero-order valence-electron chi connectivity index (χ0n) is 16.9. The van der Waals surface area contributed by atoms with Crippen LogP contribution in [0.2, 0.25) is 0 Å². The molecule has 1 heterocycles. The molecule has 0 aromatic heterocycles. The average Bonchev–Trinajstić information content (AvgIpc) is 2.66. The van der Waals surface area contributed by atoms with Crippen molar-refractivity contribution in [3.05, 3.63) is 53.1 Å². The predicted molar refractivity (Wildman–Crippen MR) is 107 cm³/mol. The molecule has 0 atom stereocenters. The first-order valence-corrected chi connectivity index (χ1v) is 9.17. The highest BCUT2D eigenvalue weighted by Gasteiger charge is 2.25. The van der Waals surface area contributed by atoms with Gasteiger partial charge in [0.2, 0.25) is 0 Å². The summed E-state index contributed by atoms with van der Waals surface area (Å²) in [5.74, 6) is -0.0619. The average molecular weight is 383 g/mol. The first kappa shape index (κ1) is 19.7. The molecule has 0 amide bonds. The molecule has 6 nitrogen and oxygen atoms in total. The van der Waals surface area contributed by atoms with E-state index in [2.05, 4.69) is 4.90 Å². The van der Waals surface area contributed by atoms with E-state index in [4.69, 9.17) is 14.2 Å². The van der Waals surface area contributed by atoms with Crippen LogP contribution in [-0.2, 0) is 9.47 Å². The molecule has 28 heavy (non-hydrogen) atoms. The minimum Gasteiger partial charge on any atom is -0.489 e. The highest BCUT2D eigenvalue weighted by Crippen LogP contribution is 2.40. The second kappa shape index (κ2) is 7.54. The highest BCUT2D eigenvalue weighted by molar-refractivity contribution is 5.94. The number of hydrogen-bond donors (Lipinski definition) is 0. The van der Waals surface area contributed by atoms with Crippen molar-refractivity contribution >= 4 is 23.3 Å². The molecule has 0 fully saturated rings. The molecule has 0 aliphatic carbocycles. The Hall–Kier alpha value is -3.02. The largest absolute Gasteiger partial charge is 0.489 e. The topological polar surface area (TPSA) is 65.1 Å². The summed E-state index contributed by atoms with van der Waals surface area (Å²) >= 11 is 0. The number of hydrogen-bond acceptors (Lipinski definition) is 6. The van der Waals surface area contributed by atoms with Crippen molar-refractivity contribution < 1.29 is 23.8 Å². The number of methoxy groups -OCH3 is 1. The van der Waals surface area contributed by atoms with E-state index in [0.29, 0.717) is 30.0 Å². The summed E-state index contributed by atoms with van der Waals surface area (Å²) < 4.78 is 16.1. The molecule has 0 saturated carbocycles. The molecule has 0 radical (unpaired) electrons. The fourth-order valence-electron chi connectivity index (χ4n) is 3.15. The van der Waals surface area contributed by atoms with E-state index in [-0.39, 0.29) is 11.9 Å². The van der Waals surface area contributed by atoms with E-state index >= 15 is 0 Å². The Morgan fingerprint density at radius 2 is 1.71 bits per heavy atom. The van der Waals surface area contributed by atoms with Crippen LogP contribution in [0.1, 0.15) is 47.1 Å². The van der Waals surface area contributed by atoms with E-state index in [1.165, 1.54) is 7.11 Å². The van der Waals surface area contributed by atoms with Crippen molar-refractivity contribution in [3.8, 4) is 5.75 Å². The first-order valence-electron chi connectivity index (χ1n) is 9.17. The maximum atomic E-state index is 12.2. The van der Waals surface area contributed by atoms with E-state index in [0.717, 1.165) is 16.9 Å². The maximum absolute atomic E-state index is 12.2. The lowest BCUT2D eigenvalue weighted by Gasteiger charge is -2.32. The molecule has 0 spiro atoms. The second-order valence-electron chi connectivity index (χ2n) is 7.63. The molecule has 1 aliphatic rings. The Balaban J connectivity index is 1.89. The van der Waals surface area contributed by atoms with Gasteiger partial charge in [-0.1, -0.05) is 0 Å². The van der Waals surface area contributed by atoms with Gasteiger partial charge in [0.05, 0.1) is 30.5 Å². The van der Waals surface area contributed by atoms with E-state index in [9.17, 15) is 9.59 Å². The standard InChI is InChI=1S/C22H25NO5/c1-14-17(21(25)26-5)10-11-18-19(14)27-13-12-23(18)16-8-6-15(7-9-16)20(24)28-22(2,3)4/h6-11H,12-13H2,1-5H3. The molecular formula is C22H25NO5. The van der Waals surface area contributed by atoms with Crippen LogP contribution in [-0.4, -0.2) is 37.8 Å². The van der Waals surface area contributed by atoms with Gasteiger partial charge in [-0.3, -0.25) is 0 Å². The quantitative estimate of drug-likeness (QED) is 0.738. The number of esters is 2. The zero-order chi connectivity index (χ0) is 20.5. The van der Waals surface area contributed by atoms with Gasteiger partial charge >= 0.3 is 11.9 Å². The lowest BCUT2D eigenvalue weighted by Crippen LogP contribution is -2.29. The molecular weight excluding hydrogens is 358 g/mol. The number of nitrogens with zero attached hydrogens (tertiary/aromatic N) is 1. The number of carbonyl (C=O) groups excluding carboxylic acids is 2. The lowest BCUT2D eigenvalue weighted by molar-refractivity contribution is 0.00693. The predicted octanol–water partition coefficient (Wildman–Crippen LogP) is 4.27. The first-order chi connectivity index (χ1) is 13.2. The number of rotatable bonds is 3. The molecule has 1 aliphatic heterocycles. The minimum atomic E-state index is -0.534. The van der Waals surface area contributed by atoms with Crippen molar-refractivity contribution in [1.82, 2.24) is 0 Å². The van der Waals surface area contributed by atoms with E-state index in [1.807, 2.05) is 45.9 Å². The highest BCUT2D eigenvalue weighted by atomic mass is 16.6. The van der Waals surface area contributed by atoms with Gasteiger partial charge in [0.25, 0.3) is 0 Å². The summed E-state index contributed by atoms with van der Waals surface area (Å²) in [4.78, 5) is 26.3. The fraction of sp³-hybridized carbons (Fsp3) is 0.364. The minimum absolute atomic E-state index is 0.347. The van der Waals surface area contributed by atoms with Gasteiger partial charge in [0.1, 0.15) is 18.0 Å². The molecule has 0 unspecified atom stereocenters. The second-order valence-corrected chi connectivity index (χ2v) is 7.63. The fourth-order valence-corrected chi connectivity index (χ4v) is 3.15. The smallest absolute Gasteiger partial charge is 0.338 e. The molecule has 0 saturated heterocycles. The van der Waals surface area contributed by atoms with Gasteiger partial charge in [-0.05, 0) is 64.1 Å². The van der Waals surface area contributed by atoms with Crippen LogP contribution in [0.3, 0.4) is 0 Å². The van der Waals surface area contributed by atoms with Crippen LogP contribution >= 0.6 is 0 Å². The number of anilines is 2. The van der Waals surface area contributed by atoms with Crippen LogP contribution in [0, 0.1) is 6.92 Å². The van der Waals surface area contributed by atoms with Crippen molar-refractivity contribution in [2.75, 3.05) is 25.2 Å². The SMILES string of the molecule is COC(=O)c1ccc2c(c1C)OCCN2c1ccc(C(=O)OC(C)(C)C)cc1. The summed E-state index contributed by atoms with van der Waals surface area (Å²) in [5.41, 5.74) is 3.02. The van der Waals surface area contributed by atoms with Crippen molar-refractivity contribution in [2.45, 2.75) is 33.3 Å². The Labute approximate surface area is 165 Å². The molecule has 148 valence electrons. The third-order valence-electron chi connectivity index (χ3n) is 4.46. The van der Waals surface area contributed by atoms with Crippen molar-refractivity contribution in [1.29, 1.82) is 0 Å². The van der Waals surface area contributed by atoms with E-state index in [1.54, 1.807) is 18.2 Å². The molecule has 6 heteroatoms. The Kier molecular flexibility index (Phi) is 5.31. The lowest BCUT2D eigenvalue weighted by atomic mass is 10.0. The van der Waals surface area contributed by atoms with Gasteiger partial charge in [-0.15, -0.1) is 0 Å². The summed E-state index contributed by atoms with van der Waals surface area (Å²) in [6.07, 6.45) is 0. The molecule has 3 rings (SSSR count). The third kappa shape index (κ3) is 3.96. The molecule has 0 bridgehead atoms. The summed E-state index contributed by atoms with van der Waals surface area (Å²) in [7, 11) is 1.36. The molecule has 2 aromatic rings. The molecule has 2 aromatic carbocycles. The summed E-state index contributed by atoms with van der Waals surface area (Å²) in [6, 6.07) is 10.9. The number of benzene rings is 2. The van der Waals surface area contributed by atoms with Crippen LogP contribution in [0.25, 0.3) is 0 Å². The Morgan fingerprint density at radius 3 is 2.32 bits per heavy atom. The van der Waals surface area contributed by atoms with Gasteiger partial charge < -0.3 is 19.1 Å². The monoisotopic (exact) mass is 383 g/mol. The van der Waals surface area contributed by atoms with Crippen LogP contribution in [0.5, 0.6) is 5.75 Å². The van der Waals surface area contributed by atoms with Gasteiger partial charge in [-0.2, -0.15) is 0 Å². The van der Waals surface area contributed by atoms with Crippen LogP contribution < -0.4 is 9.64 Å². The number of carbonyl (C=O) groups is 2. The van der Waals surface area contributed by atoms with Crippen molar-refractivity contribution in [2.24, 2.45) is 0 Å². The van der Waals surface area contributed by atoms with Gasteiger partial charge in [-0.25, -0.2) is 9.59 Å². The van der Waals surface area contributed by atoms with Crippen LogP contribution in [0.4, 0.5) is 11.4 Å². The maximum Gasteiger partial charge on any atom is 0.338 e. The molecule has 0 N–H and O–H groups in total. The Morgan fingerprint density at radius 1 is 1.04 bits per heavy atom.